The molecular weight excluding hydrogens is 533 g/mol. The number of hydrogen-bond donors (Lipinski definition) is 2. The Balaban J connectivity index is 0.00000480. The number of nitrogens with one attached hydrogen (secondary N) is 2. The molecule has 1 unspecified atom stereocenters. The molecule has 2 N–H and O–H groups in total. The first kappa shape index (κ1) is 28.4. The van der Waals surface area contributed by atoms with Gasteiger partial charge in [-0.05, 0) is 39.0 Å². The minimum absolute atomic E-state index is 0. The van der Waals surface area contributed by atoms with Gasteiger partial charge in [-0.3, -0.25) is 4.79 Å². The molecular formula is C20H40IN5O4S. The number of piperidine rings is 1. The van der Waals surface area contributed by atoms with Gasteiger partial charge in [0.15, 0.2) is 5.96 Å². The second kappa shape index (κ2) is 14.5. The second-order valence-electron chi connectivity index (χ2n) is 8.26. The van der Waals surface area contributed by atoms with E-state index in [4.69, 9.17) is 4.74 Å². The van der Waals surface area contributed by atoms with Crippen LogP contribution in [0, 0.1) is 0 Å². The molecule has 1 saturated heterocycles. The first-order valence-electron chi connectivity index (χ1n) is 11.2. The number of sulfonamides is 1. The van der Waals surface area contributed by atoms with Gasteiger partial charge in [0.05, 0.1) is 5.25 Å². The van der Waals surface area contributed by atoms with Crippen molar-refractivity contribution >= 4 is 45.9 Å². The molecule has 0 bridgehead atoms. The van der Waals surface area contributed by atoms with Crippen molar-refractivity contribution in [1.29, 1.82) is 0 Å². The van der Waals surface area contributed by atoms with Gasteiger partial charge in [0, 0.05) is 53.0 Å². The molecule has 1 aliphatic carbocycles. The summed E-state index contributed by atoms with van der Waals surface area (Å²) in [5.41, 5.74) is 0. The average Bonchev–Trinajstić information content (AvgIpc) is 3.22. The van der Waals surface area contributed by atoms with E-state index in [9.17, 15) is 13.2 Å². The number of carbonyl (C=O) groups excluding carboxylic acids is 1. The van der Waals surface area contributed by atoms with Crippen molar-refractivity contribution in [3.8, 4) is 0 Å². The fourth-order valence-electron chi connectivity index (χ4n) is 3.83. The Bertz CT molecular complexity index is 668. The van der Waals surface area contributed by atoms with Crippen molar-refractivity contribution in [2.75, 3.05) is 53.5 Å². The number of amides is 1. The smallest absolute Gasteiger partial charge is 0.243 e. The largest absolute Gasteiger partial charge is 0.382 e. The standard InChI is InChI=1S/C20H39N5O4S.HI/c1-4-29-14-8-12-21-20(22-15-19(26)24(2)3)25-13-7-11-18(16-25)30(27,28)23-17-9-5-6-10-17;/h17-18,23H,4-16H2,1-3H3,(H,21,22);1H. The van der Waals surface area contributed by atoms with Crippen molar-refractivity contribution < 1.29 is 17.9 Å². The summed E-state index contributed by atoms with van der Waals surface area (Å²) in [5.74, 6) is 0.509. The zero-order chi connectivity index (χ0) is 22.0. The number of guanidine groups is 1. The van der Waals surface area contributed by atoms with Crippen LogP contribution in [0.2, 0.25) is 0 Å². The zero-order valence-corrected chi connectivity index (χ0v) is 22.3. The fraction of sp³-hybridized carbons (Fsp3) is 0.900. The van der Waals surface area contributed by atoms with Gasteiger partial charge in [-0.25, -0.2) is 18.1 Å². The van der Waals surface area contributed by atoms with E-state index < -0.39 is 15.3 Å². The molecule has 0 aromatic heterocycles. The summed E-state index contributed by atoms with van der Waals surface area (Å²) in [6, 6.07) is 0.0768. The zero-order valence-electron chi connectivity index (χ0n) is 19.1. The van der Waals surface area contributed by atoms with Gasteiger partial charge in [-0.1, -0.05) is 12.8 Å². The highest BCUT2D eigenvalue weighted by molar-refractivity contribution is 14.0. The van der Waals surface area contributed by atoms with Crippen LogP contribution in [-0.2, 0) is 19.6 Å². The number of nitrogens with zero attached hydrogens (tertiary/aromatic N) is 3. The molecule has 2 rings (SSSR count). The number of halogens is 1. The molecule has 9 nitrogen and oxygen atoms in total. The lowest BCUT2D eigenvalue weighted by Gasteiger charge is -2.35. The minimum atomic E-state index is -3.38. The Labute approximate surface area is 204 Å². The van der Waals surface area contributed by atoms with E-state index in [-0.39, 0.29) is 42.5 Å². The highest BCUT2D eigenvalue weighted by Gasteiger charge is 2.34. The van der Waals surface area contributed by atoms with E-state index in [1.807, 2.05) is 11.8 Å². The summed E-state index contributed by atoms with van der Waals surface area (Å²) in [6.07, 6.45) is 6.27. The molecule has 182 valence electrons. The normalized spacial score (nSPS) is 20.4. The van der Waals surface area contributed by atoms with Crippen LogP contribution in [0.4, 0.5) is 0 Å². The third-order valence-electron chi connectivity index (χ3n) is 5.62. The van der Waals surface area contributed by atoms with Crippen LogP contribution >= 0.6 is 24.0 Å². The summed E-state index contributed by atoms with van der Waals surface area (Å²) in [7, 11) is 0.0192. The van der Waals surface area contributed by atoms with E-state index in [2.05, 4.69) is 15.0 Å². The topological polar surface area (TPSA) is 103 Å². The molecule has 11 heteroatoms. The maximum Gasteiger partial charge on any atom is 0.243 e. The summed E-state index contributed by atoms with van der Waals surface area (Å²) in [5, 5.41) is 2.83. The van der Waals surface area contributed by atoms with Gasteiger partial charge in [0.25, 0.3) is 0 Å². The number of rotatable bonds is 10. The number of aliphatic imine (C=N–C) groups is 1. The first-order chi connectivity index (χ1) is 14.3. The van der Waals surface area contributed by atoms with Crippen molar-refractivity contribution in [1.82, 2.24) is 19.8 Å². The van der Waals surface area contributed by atoms with E-state index in [1.165, 1.54) is 4.90 Å². The summed E-state index contributed by atoms with van der Waals surface area (Å²) < 4.78 is 34.1. The Kier molecular flexibility index (Phi) is 13.3. The minimum Gasteiger partial charge on any atom is -0.382 e. The quantitative estimate of drug-likeness (QED) is 0.177. The lowest BCUT2D eigenvalue weighted by molar-refractivity contribution is -0.127. The third kappa shape index (κ3) is 9.79. The van der Waals surface area contributed by atoms with Gasteiger partial charge in [0.1, 0.15) is 6.54 Å². The Morgan fingerprint density at radius 1 is 1.19 bits per heavy atom. The molecule has 0 aromatic rings. The molecule has 31 heavy (non-hydrogen) atoms. The van der Waals surface area contributed by atoms with Crippen molar-refractivity contribution in [3.63, 3.8) is 0 Å². The maximum atomic E-state index is 12.9. The molecule has 1 amide bonds. The predicted octanol–water partition coefficient (Wildman–Crippen LogP) is 1.39. The average molecular weight is 574 g/mol. The number of likely N-dealkylation sites (N-methyl/N-ethyl adjacent to an activating group) is 1. The van der Waals surface area contributed by atoms with Crippen LogP contribution in [0.25, 0.3) is 0 Å². The second-order valence-corrected chi connectivity index (χ2v) is 10.3. The Morgan fingerprint density at radius 2 is 1.90 bits per heavy atom. The fourth-order valence-corrected chi connectivity index (χ4v) is 5.57. The molecule has 1 heterocycles. The van der Waals surface area contributed by atoms with Crippen molar-refractivity contribution in [3.05, 3.63) is 0 Å². The first-order valence-corrected chi connectivity index (χ1v) is 12.7. The van der Waals surface area contributed by atoms with Crippen LogP contribution in [0.3, 0.4) is 0 Å². The molecule has 0 spiro atoms. The van der Waals surface area contributed by atoms with E-state index in [0.717, 1.165) is 45.1 Å². The summed E-state index contributed by atoms with van der Waals surface area (Å²) in [4.78, 5) is 20.0. The van der Waals surface area contributed by atoms with E-state index in [0.29, 0.717) is 38.7 Å². The number of likely N-dealkylation sites (tertiary alicyclic amines) is 1. The van der Waals surface area contributed by atoms with Gasteiger partial charge in [-0.15, -0.1) is 24.0 Å². The Morgan fingerprint density at radius 3 is 2.55 bits per heavy atom. The number of hydrogen-bond acceptors (Lipinski definition) is 5. The number of ether oxygens (including phenoxy) is 1. The van der Waals surface area contributed by atoms with Gasteiger partial charge in [-0.2, -0.15) is 0 Å². The maximum absolute atomic E-state index is 12.9. The third-order valence-corrected chi connectivity index (χ3v) is 7.54. The van der Waals surface area contributed by atoms with Crippen LogP contribution in [0.5, 0.6) is 0 Å². The molecule has 2 aliphatic rings. The molecule has 1 atom stereocenters. The lowest BCUT2D eigenvalue weighted by atomic mass is 10.1. The van der Waals surface area contributed by atoms with Crippen LogP contribution < -0.4 is 10.0 Å². The SMILES string of the molecule is CCOCCCNC(=NCC(=O)N(C)C)N1CCCC(S(=O)(=O)NC2CCCC2)C1.I. The Hall–Kier alpha value is -0.660. The van der Waals surface area contributed by atoms with Gasteiger partial charge < -0.3 is 19.9 Å². The van der Waals surface area contributed by atoms with E-state index >= 15 is 0 Å². The van der Waals surface area contributed by atoms with Crippen LogP contribution in [0.1, 0.15) is 51.9 Å². The van der Waals surface area contributed by atoms with Crippen LogP contribution in [0.15, 0.2) is 4.99 Å². The predicted molar refractivity (Wildman–Crippen MR) is 134 cm³/mol. The van der Waals surface area contributed by atoms with Gasteiger partial charge in [0.2, 0.25) is 15.9 Å². The molecule has 2 fully saturated rings. The number of carbonyl (C=O) groups is 1. The molecule has 0 aromatic carbocycles. The summed E-state index contributed by atoms with van der Waals surface area (Å²) in [6.45, 7) is 5.09. The highest BCUT2D eigenvalue weighted by Crippen LogP contribution is 2.22. The van der Waals surface area contributed by atoms with E-state index in [1.54, 1.807) is 14.1 Å². The van der Waals surface area contributed by atoms with Crippen molar-refractivity contribution in [2.45, 2.75) is 63.2 Å². The summed E-state index contributed by atoms with van der Waals surface area (Å²) >= 11 is 0. The molecule has 0 radical (unpaired) electrons. The van der Waals surface area contributed by atoms with Gasteiger partial charge >= 0.3 is 0 Å². The van der Waals surface area contributed by atoms with Crippen molar-refractivity contribution in [2.24, 2.45) is 4.99 Å². The van der Waals surface area contributed by atoms with Crippen LogP contribution in [-0.4, -0.2) is 94.9 Å². The highest BCUT2D eigenvalue weighted by atomic mass is 127. The monoisotopic (exact) mass is 573 g/mol. The molecule has 1 saturated carbocycles. The lowest BCUT2D eigenvalue weighted by Crippen LogP contribution is -2.53. The molecule has 1 aliphatic heterocycles.